The summed E-state index contributed by atoms with van der Waals surface area (Å²) in [4.78, 5) is 44.8. The van der Waals surface area contributed by atoms with E-state index in [1.807, 2.05) is 50.2 Å². The standard InChI is InChI=1S/C27H27N7O4S2/c1-3-37-16-8-10-18-20(12-16)30-26(28-18)39-14-24(35)33-22-6-5-7-23(32-22)34-25(36)15-40-27-29-19-11-9-17(38-4-2)13-21(19)31-27/h5-13H,3-4,14-15H2,1-2H3,(H,28,30)(H,29,31)(H2,32,33,34,35,36). The zero-order valence-corrected chi connectivity index (χ0v) is 23.4. The second-order valence-corrected chi connectivity index (χ2v) is 10.3. The summed E-state index contributed by atoms with van der Waals surface area (Å²) in [5, 5.41) is 6.77. The number of hydrogen-bond acceptors (Lipinski definition) is 9. The van der Waals surface area contributed by atoms with Crippen LogP contribution in [0.1, 0.15) is 13.8 Å². The Balaban J connectivity index is 1.11. The smallest absolute Gasteiger partial charge is 0.236 e. The van der Waals surface area contributed by atoms with Crippen LogP contribution in [-0.4, -0.2) is 61.5 Å². The Morgan fingerprint density at radius 3 is 1.65 bits per heavy atom. The van der Waals surface area contributed by atoms with Gasteiger partial charge in [-0.15, -0.1) is 0 Å². The number of rotatable bonds is 12. The first-order valence-electron chi connectivity index (χ1n) is 12.6. The lowest BCUT2D eigenvalue weighted by Crippen LogP contribution is -2.18. The Hall–Kier alpha value is -4.23. The van der Waals surface area contributed by atoms with Crippen molar-refractivity contribution in [3.05, 3.63) is 54.6 Å². The van der Waals surface area contributed by atoms with Crippen molar-refractivity contribution in [2.24, 2.45) is 0 Å². The van der Waals surface area contributed by atoms with Crippen molar-refractivity contribution in [3.8, 4) is 11.5 Å². The summed E-state index contributed by atoms with van der Waals surface area (Å²) in [7, 11) is 0. The van der Waals surface area contributed by atoms with Gasteiger partial charge in [-0.25, -0.2) is 15.0 Å². The number of ether oxygens (including phenoxy) is 2. The van der Waals surface area contributed by atoms with E-state index in [1.165, 1.54) is 23.5 Å². The number of fused-ring (bicyclic) bond motifs is 2. The number of pyridine rings is 1. The first-order chi connectivity index (χ1) is 19.5. The fourth-order valence-corrected chi connectivity index (χ4v) is 5.15. The number of H-pyrrole nitrogens is 2. The Morgan fingerprint density at radius 2 is 1.20 bits per heavy atom. The van der Waals surface area contributed by atoms with Crippen LogP contribution in [0.5, 0.6) is 11.5 Å². The highest BCUT2D eigenvalue weighted by molar-refractivity contribution is 8.00. The van der Waals surface area contributed by atoms with Crippen molar-refractivity contribution < 1.29 is 19.1 Å². The molecular weight excluding hydrogens is 550 g/mol. The van der Waals surface area contributed by atoms with Gasteiger partial charge in [-0.1, -0.05) is 29.6 Å². The average molecular weight is 578 g/mol. The third-order valence-corrected chi connectivity index (χ3v) is 7.20. The molecule has 0 aliphatic rings. The van der Waals surface area contributed by atoms with Crippen LogP contribution in [0.3, 0.4) is 0 Å². The van der Waals surface area contributed by atoms with Gasteiger partial charge in [0.2, 0.25) is 11.8 Å². The molecule has 0 unspecified atom stereocenters. The first kappa shape index (κ1) is 27.3. The minimum Gasteiger partial charge on any atom is -0.494 e. The Kier molecular flexibility index (Phi) is 8.71. The molecule has 13 heteroatoms. The molecule has 3 heterocycles. The SMILES string of the molecule is CCOc1ccc2nc(SCC(=O)Nc3cccc(NC(=O)CSc4nc5ccc(OCC)cc5[nH]4)n3)[nH]c2c1. The number of carbonyl (C=O) groups is 2. The van der Waals surface area contributed by atoms with Crippen molar-refractivity contribution in [1.29, 1.82) is 0 Å². The van der Waals surface area contributed by atoms with Crippen molar-refractivity contribution in [1.82, 2.24) is 24.9 Å². The molecule has 0 aliphatic heterocycles. The molecular formula is C27H27N7O4S2. The van der Waals surface area contributed by atoms with E-state index in [4.69, 9.17) is 9.47 Å². The van der Waals surface area contributed by atoms with Crippen LogP contribution in [0, 0.1) is 0 Å². The van der Waals surface area contributed by atoms with Crippen LogP contribution >= 0.6 is 23.5 Å². The maximum absolute atomic E-state index is 12.5. The zero-order chi connectivity index (χ0) is 27.9. The molecule has 5 aromatic rings. The predicted molar refractivity (Wildman–Crippen MR) is 157 cm³/mol. The van der Waals surface area contributed by atoms with Gasteiger partial charge in [-0.3, -0.25) is 9.59 Å². The van der Waals surface area contributed by atoms with E-state index in [-0.39, 0.29) is 23.3 Å². The molecule has 0 fully saturated rings. The van der Waals surface area contributed by atoms with Crippen LogP contribution in [0.4, 0.5) is 11.6 Å². The van der Waals surface area contributed by atoms with E-state index in [1.54, 1.807) is 18.2 Å². The molecule has 206 valence electrons. The summed E-state index contributed by atoms with van der Waals surface area (Å²) in [5.41, 5.74) is 3.28. The molecule has 0 radical (unpaired) electrons. The molecule has 0 aliphatic carbocycles. The van der Waals surface area contributed by atoms with Crippen molar-refractivity contribution in [2.75, 3.05) is 35.4 Å². The molecule has 4 N–H and O–H groups in total. The molecule has 2 aromatic carbocycles. The van der Waals surface area contributed by atoms with Gasteiger partial charge in [-0.05, 0) is 50.2 Å². The van der Waals surface area contributed by atoms with Gasteiger partial charge < -0.3 is 30.1 Å². The summed E-state index contributed by atoms with van der Waals surface area (Å²) in [6, 6.07) is 16.3. The summed E-state index contributed by atoms with van der Waals surface area (Å²) in [5.74, 6) is 1.97. The molecule has 2 amide bonds. The van der Waals surface area contributed by atoms with Crippen molar-refractivity contribution >= 4 is 69.0 Å². The number of carbonyl (C=O) groups excluding carboxylic acids is 2. The zero-order valence-electron chi connectivity index (χ0n) is 21.8. The number of imidazole rings is 2. The first-order valence-corrected chi connectivity index (χ1v) is 14.5. The number of nitrogens with one attached hydrogen (secondary N) is 4. The lowest BCUT2D eigenvalue weighted by Gasteiger charge is -2.07. The normalized spacial score (nSPS) is 11.1. The van der Waals surface area contributed by atoms with Gasteiger partial charge in [0.05, 0.1) is 46.8 Å². The van der Waals surface area contributed by atoms with Crippen LogP contribution < -0.4 is 20.1 Å². The van der Waals surface area contributed by atoms with Crippen molar-refractivity contribution in [2.45, 2.75) is 24.2 Å². The van der Waals surface area contributed by atoms with E-state index in [0.717, 1.165) is 33.6 Å². The predicted octanol–water partition coefficient (Wildman–Crippen LogP) is 5.09. The lowest BCUT2D eigenvalue weighted by molar-refractivity contribution is -0.114. The minimum atomic E-state index is -0.246. The second kappa shape index (κ2) is 12.7. The quantitative estimate of drug-likeness (QED) is 0.149. The maximum atomic E-state index is 12.5. The fourth-order valence-electron chi connectivity index (χ4n) is 3.78. The number of hydrogen-bond donors (Lipinski definition) is 4. The topological polar surface area (TPSA) is 147 Å². The second-order valence-electron chi connectivity index (χ2n) is 8.39. The lowest BCUT2D eigenvalue weighted by atomic mass is 10.3. The van der Waals surface area contributed by atoms with E-state index in [9.17, 15) is 9.59 Å². The number of nitrogens with zero attached hydrogens (tertiary/aromatic N) is 3. The third-order valence-electron chi connectivity index (χ3n) is 5.45. The average Bonchev–Trinajstić information content (AvgIpc) is 3.54. The molecule has 3 aromatic heterocycles. The highest BCUT2D eigenvalue weighted by atomic mass is 32.2. The van der Waals surface area contributed by atoms with E-state index >= 15 is 0 Å². The Morgan fingerprint density at radius 1 is 0.725 bits per heavy atom. The number of amides is 2. The van der Waals surface area contributed by atoms with Gasteiger partial charge in [-0.2, -0.15) is 0 Å². The molecule has 11 nitrogen and oxygen atoms in total. The third kappa shape index (κ3) is 7.04. The van der Waals surface area contributed by atoms with Crippen molar-refractivity contribution in [3.63, 3.8) is 0 Å². The largest absolute Gasteiger partial charge is 0.494 e. The Bertz CT molecular complexity index is 1540. The van der Waals surface area contributed by atoms with E-state index in [2.05, 4.69) is 35.6 Å². The molecule has 0 spiro atoms. The van der Waals surface area contributed by atoms with Gasteiger partial charge in [0.1, 0.15) is 23.1 Å². The molecule has 40 heavy (non-hydrogen) atoms. The molecule has 0 saturated carbocycles. The maximum Gasteiger partial charge on any atom is 0.236 e. The molecule has 0 atom stereocenters. The van der Waals surface area contributed by atoms with Crippen LogP contribution in [0.25, 0.3) is 22.1 Å². The number of thioether (sulfide) groups is 2. The van der Waals surface area contributed by atoms with Crippen LogP contribution in [0.15, 0.2) is 64.9 Å². The molecule has 0 bridgehead atoms. The van der Waals surface area contributed by atoms with Crippen LogP contribution in [0.2, 0.25) is 0 Å². The van der Waals surface area contributed by atoms with Gasteiger partial charge in [0, 0.05) is 12.1 Å². The highest BCUT2D eigenvalue weighted by Crippen LogP contribution is 2.25. The minimum absolute atomic E-state index is 0.136. The van der Waals surface area contributed by atoms with Gasteiger partial charge in [0.25, 0.3) is 0 Å². The molecule has 5 rings (SSSR count). The molecule has 0 saturated heterocycles. The highest BCUT2D eigenvalue weighted by Gasteiger charge is 2.12. The number of anilines is 2. The number of aromatic amines is 2. The summed E-state index contributed by atoms with van der Waals surface area (Å²) < 4.78 is 11.0. The monoisotopic (exact) mass is 577 g/mol. The van der Waals surface area contributed by atoms with Gasteiger partial charge in [0.15, 0.2) is 10.3 Å². The summed E-state index contributed by atoms with van der Waals surface area (Å²) >= 11 is 2.56. The van der Waals surface area contributed by atoms with Gasteiger partial charge >= 0.3 is 0 Å². The van der Waals surface area contributed by atoms with E-state index < -0.39 is 0 Å². The van der Waals surface area contributed by atoms with Crippen LogP contribution in [-0.2, 0) is 9.59 Å². The number of aromatic nitrogens is 5. The van der Waals surface area contributed by atoms with E-state index in [0.29, 0.717) is 35.2 Å². The number of benzene rings is 2. The fraction of sp³-hybridized carbons (Fsp3) is 0.222. The summed E-state index contributed by atoms with van der Waals surface area (Å²) in [6.07, 6.45) is 0. The summed E-state index contributed by atoms with van der Waals surface area (Å²) in [6.45, 7) is 5.02. The Labute approximate surface area is 238 Å².